The highest BCUT2D eigenvalue weighted by atomic mass is 16.2. The average Bonchev–Trinajstić information content (AvgIpc) is 3.25. The number of urea groups is 1. The van der Waals surface area contributed by atoms with Crippen molar-refractivity contribution in [2.24, 2.45) is 0 Å². The molecular weight excluding hydrogens is 368 g/mol. The molecule has 0 aliphatic carbocycles. The average molecular weight is 392 g/mol. The van der Waals surface area contributed by atoms with Gasteiger partial charge in [-0.15, -0.1) is 0 Å². The summed E-state index contributed by atoms with van der Waals surface area (Å²) < 4.78 is 1.74. The van der Waals surface area contributed by atoms with Crippen LogP contribution in [0.3, 0.4) is 0 Å². The lowest BCUT2D eigenvalue weighted by atomic mass is 10.1. The highest BCUT2D eigenvalue weighted by Crippen LogP contribution is 2.14. The van der Waals surface area contributed by atoms with Gasteiger partial charge >= 0.3 is 6.03 Å². The molecule has 0 aliphatic heterocycles. The number of anilines is 1. The summed E-state index contributed by atoms with van der Waals surface area (Å²) in [4.78, 5) is 27.9. The molecule has 0 saturated heterocycles. The predicted octanol–water partition coefficient (Wildman–Crippen LogP) is 2.33. The van der Waals surface area contributed by atoms with Gasteiger partial charge in [0.1, 0.15) is 12.7 Å². The van der Waals surface area contributed by atoms with Crippen LogP contribution in [0.15, 0.2) is 61.2 Å². The smallest absolute Gasteiger partial charge is 0.315 e. The third-order valence-corrected chi connectivity index (χ3v) is 4.37. The lowest BCUT2D eigenvalue weighted by Crippen LogP contribution is -2.39. The highest BCUT2D eigenvalue weighted by Gasteiger charge is 2.08. The molecule has 0 atom stereocenters. The number of rotatable bonds is 8. The quantitative estimate of drug-likeness (QED) is 0.548. The topological polar surface area (TPSA) is 101 Å². The fourth-order valence-electron chi connectivity index (χ4n) is 2.81. The Morgan fingerprint density at radius 3 is 2.48 bits per heavy atom. The molecule has 0 spiro atoms. The summed E-state index contributed by atoms with van der Waals surface area (Å²) in [6.07, 6.45) is 3.98. The van der Waals surface area contributed by atoms with Crippen LogP contribution >= 0.6 is 0 Å². The van der Waals surface area contributed by atoms with Crippen molar-refractivity contribution < 1.29 is 9.59 Å². The minimum atomic E-state index is -0.393. The zero-order valence-corrected chi connectivity index (χ0v) is 16.3. The minimum Gasteiger partial charge on any atom is -0.334 e. The van der Waals surface area contributed by atoms with E-state index in [1.165, 1.54) is 6.33 Å². The molecule has 0 unspecified atom stereocenters. The van der Waals surface area contributed by atoms with E-state index < -0.39 is 6.03 Å². The Bertz CT molecular complexity index is 938. The molecule has 29 heavy (non-hydrogen) atoms. The van der Waals surface area contributed by atoms with Crippen molar-refractivity contribution in [1.29, 1.82) is 0 Å². The summed E-state index contributed by atoms with van der Waals surface area (Å²) in [5.41, 5.74) is 3.88. The van der Waals surface area contributed by atoms with Crippen molar-refractivity contribution >= 4 is 17.6 Å². The van der Waals surface area contributed by atoms with Gasteiger partial charge in [0.15, 0.2) is 0 Å². The molecule has 8 nitrogen and oxygen atoms in total. The van der Waals surface area contributed by atoms with Crippen LogP contribution in [-0.2, 0) is 24.3 Å². The molecule has 3 rings (SSSR count). The van der Waals surface area contributed by atoms with Crippen LogP contribution in [0.5, 0.6) is 0 Å². The summed E-state index contributed by atoms with van der Waals surface area (Å²) in [5.74, 6) is -0.265. The first-order valence-corrected chi connectivity index (χ1v) is 9.43. The molecule has 0 radical (unpaired) electrons. The van der Waals surface area contributed by atoms with Gasteiger partial charge in [0.05, 0.1) is 13.1 Å². The molecule has 0 bridgehead atoms. The van der Waals surface area contributed by atoms with Gasteiger partial charge in [0.25, 0.3) is 0 Å². The number of para-hydroxylation sites is 1. The Labute approximate surface area is 169 Å². The molecule has 0 aliphatic rings. The lowest BCUT2D eigenvalue weighted by Gasteiger charge is -2.11. The largest absolute Gasteiger partial charge is 0.334 e. The van der Waals surface area contributed by atoms with Crippen LogP contribution in [0, 0.1) is 0 Å². The van der Waals surface area contributed by atoms with Gasteiger partial charge in [0.2, 0.25) is 5.91 Å². The number of aryl methyl sites for hydroxylation is 1. The number of hydrogen-bond acceptors (Lipinski definition) is 4. The van der Waals surface area contributed by atoms with Crippen molar-refractivity contribution in [2.75, 3.05) is 11.9 Å². The van der Waals surface area contributed by atoms with Gasteiger partial charge in [-0.1, -0.05) is 49.4 Å². The molecule has 0 fully saturated rings. The number of nitrogens with zero attached hydrogens (tertiary/aromatic N) is 3. The molecule has 0 saturated carbocycles. The lowest BCUT2D eigenvalue weighted by molar-refractivity contribution is -0.115. The number of carbonyl (C=O) groups is 2. The normalized spacial score (nSPS) is 10.4. The van der Waals surface area contributed by atoms with Crippen LogP contribution < -0.4 is 16.0 Å². The first-order chi connectivity index (χ1) is 14.1. The maximum Gasteiger partial charge on any atom is 0.315 e. The maximum absolute atomic E-state index is 12.1. The molecule has 2 aromatic carbocycles. The van der Waals surface area contributed by atoms with E-state index >= 15 is 0 Å². The second-order valence-corrected chi connectivity index (χ2v) is 6.50. The summed E-state index contributed by atoms with van der Waals surface area (Å²) in [6.45, 7) is 2.94. The van der Waals surface area contributed by atoms with Crippen molar-refractivity contribution in [3.63, 3.8) is 0 Å². The summed E-state index contributed by atoms with van der Waals surface area (Å²) in [5, 5.41) is 12.2. The fourth-order valence-corrected chi connectivity index (χ4v) is 2.81. The summed E-state index contributed by atoms with van der Waals surface area (Å²) >= 11 is 0. The van der Waals surface area contributed by atoms with E-state index in [0.29, 0.717) is 13.1 Å². The number of nitrogens with one attached hydrogen (secondary N) is 3. The summed E-state index contributed by atoms with van der Waals surface area (Å²) in [7, 11) is 0. The molecule has 3 amide bonds. The van der Waals surface area contributed by atoms with Gasteiger partial charge in [-0.25, -0.2) is 14.5 Å². The Balaban J connectivity index is 1.40. The van der Waals surface area contributed by atoms with Gasteiger partial charge in [-0.05, 0) is 29.2 Å². The SMILES string of the molecule is CCc1ccccc1NC(=O)CNC(=O)NCc1ccc(Cn2cncn2)cc1. The highest BCUT2D eigenvalue weighted by molar-refractivity contribution is 5.94. The molecule has 3 aromatic rings. The van der Waals surface area contributed by atoms with Gasteiger partial charge in [-0.2, -0.15) is 5.10 Å². The standard InChI is InChI=1S/C21H24N6O2/c1-2-18-5-3-4-6-19(18)26-20(28)12-24-21(29)23-11-16-7-9-17(10-8-16)13-27-15-22-14-25-27/h3-10,14-15H,2,11-13H2,1H3,(H,26,28)(H2,23,24,29). The monoisotopic (exact) mass is 392 g/mol. The number of carbonyl (C=O) groups excluding carboxylic acids is 2. The molecule has 1 heterocycles. The zero-order valence-electron chi connectivity index (χ0n) is 16.3. The van der Waals surface area contributed by atoms with Gasteiger partial charge < -0.3 is 16.0 Å². The van der Waals surface area contributed by atoms with E-state index in [4.69, 9.17) is 0 Å². The first-order valence-electron chi connectivity index (χ1n) is 9.43. The molecule has 1 aromatic heterocycles. The van der Waals surface area contributed by atoms with E-state index in [2.05, 4.69) is 26.0 Å². The van der Waals surface area contributed by atoms with Crippen LogP contribution in [0.1, 0.15) is 23.6 Å². The van der Waals surface area contributed by atoms with Crippen LogP contribution in [0.25, 0.3) is 0 Å². The van der Waals surface area contributed by atoms with E-state index in [9.17, 15) is 9.59 Å². The second kappa shape index (κ2) is 10.0. The Kier molecular flexibility index (Phi) is 6.94. The maximum atomic E-state index is 12.1. The molecule has 8 heteroatoms. The number of amides is 3. The predicted molar refractivity (Wildman–Crippen MR) is 110 cm³/mol. The Morgan fingerprint density at radius 2 is 1.76 bits per heavy atom. The fraction of sp³-hybridized carbons (Fsp3) is 0.238. The third kappa shape index (κ3) is 6.17. The third-order valence-electron chi connectivity index (χ3n) is 4.37. The zero-order chi connectivity index (χ0) is 20.5. The van der Waals surface area contributed by atoms with Crippen LogP contribution in [0.2, 0.25) is 0 Å². The molecular formula is C21H24N6O2. The first kappa shape index (κ1) is 20.1. The minimum absolute atomic E-state index is 0.0965. The Morgan fingerprint density at radius 1 is 1.00 bits per heavy atom. The van der Waals surface area contributed by atoms with Crippen LogP contribution in [-0.4, -0.2) is 33.2 Å². The van der Waals surface area contributed by atoms with Crippen molar-refractivity contribution in [1.82, 2.24) is 25.4 Å². The number of benzene rings is 2. The second-order valence-electron chi connectivity index (χ2n) is 6.50. The van der Waals surface area contributed by atoms with E-state index in [1.54, 1.807) is 11.0 Å². The van der Waals surface area contributed by atoms with Crippen molar-refractivity contribution in [2.45, 2.75) is 26.4 Å². The molecule has 3 N–H and O–H groups in total. The van der Waals surface area contributed by atoms with Crippen molar-refractivity contribution in [3.05, 3.63) is 77.9 Å². The van der Waals surface area contributed by atoms with Crippen LogP contribution in [0.4, 0.5) is 10.5 Å². The van der Waals surface area contributed by atoms with Crippen molar-refractivity contribution in [3.8, 4) is 0 Å². The van der Waals surface area contributed by atoms with E-state index in [0.717, 1.165) is 28.8 Å². The molecule has 150 valence electrons. The van der Waals surface area contributed by atoms with Gasteiger partial charge in [0, 0.05) is 12.2 Å². The number of hydrogen-bond donors (Lipinski definition) is 3. The summed E-state index contributed by atoms with van der Waals surface area (Å²) in [6, 6.07) is 15.1. The Hall–Kier alpha value is -3.68. The number of aromatic nitrogens is 3. The van der Waals surface area contributed by atoms with E-state index in [1.807, 2.05) is 55.5 Å². The van der Waals surface area contributed by atoms with E-state index in [-0.39, 0.29) is 12.5 Å². The van der Waals surface area contributed by atoms with Gasteiger partial charge in [-0.3, -0.25) is 4.79 Å².